The SMILES string of the molecule is Cl.N[C@H]1C[C@H](C(F)F)C1. The lowest BCUT2D eigenvalue weighted by molar-refractivity contribution is 0.0242. The van der Waals surface area contributed by atoms with Gasteiger partial charge >= 0.3 is 0 Å². The van der Waals surface area contributed by atoms with Crippen LogP contribution in [0.15, 0.2) is 0 Å². The minimum absolute atomic E-state index is 0. The summed E-state index contributed by atoms with van der Waals surface area (Å²) in [5.74, 6) is -0.398. The van der Waals surface area contributed by atoms with Crippen LogP contribution in [-0.2, 0) is 0 Å². The molecule has 2 N–H and O–H groups in total. The molecular formula is C5H10ClF2N. The number of halogens is 3. The second-order valence-electron chi connectivity index (χ2n) is 2.33. The minimum Gasteiger partial charge on any atom is -0.328 e. The van der Waals surface area contributed by atoms with Gasteiger partial charge in [0, 0.05) is 12.0 Å². The van der Waals surface area contributed by atoms with Gasteiger partial charge in [0.25, 0.3) is 0 Å². The van der Waals surface area contributed by atoms with E-state index in [0.29, 0.717) is 12.8 Å². The number of hydrogen-bond donors (Lipinski definition) is 1. The maximum absolute atomic E-state index is 11.6. The summed E-state index contributed by atoms with van der Waals surface area (Å²) >= 11 is 0. The molecule has 0 heterocycles. The lowest BCUT2D eigenvalue weighted by Gasteiger charge is -2.31. The van der Waals surface area contributed by atoms with Crippen molar-refractivity contribution < 1.29 is 8.78 Å². The lowest BCUT2D eigenvalue weighted by Crippen LogP contribution is -2.39. The molecule has 0 spiro atoms. The van der Waals surface area contributed by atoms with Crippen molar-refractivity contribution in [2.75, 3.05) is 0 Å². The monoisotopic (exact) mass is 157 g/mol. The van der Waals surface area contributed by atoms with Crippen LogP contribution in [0.3, 0.4) is 0 Å². The average molecular weight is 158 g/mol. The average Bonchev–Trinajstić information content (AvgIpc) is 1.57. The fourth-order valence-electron chi connectivity index (χ4n) is 0.914. The first kappa shape index (κ1) is 9.11. The first-order valence-corrected chi connectivity index (χ1v) is 2.74. The van der Waals surface area contributed by atoms with Crippen LogP contribution < -0.4 is 5.73 Å². The maximum atomic E-state index is 11.6. The van der Waals surface area contributed by atoms with Gasteiger partial charge in [-0.2, -0.15) is 0 Å². The summed E-state index contributed by atoms with van der Waals surface area (Å²) in [6.45, 7) is 0. The molecule has 0 aromatic carbocycles. The van der Waals surface area contributed by atoms with E-state index < -0.39 is 12.3 Å². The van der Waals surface area contributed by atoms with Crippen LogP contribution in [0.5, 0.6) is 0 Å². The highest BCUT2D eigenvalue weighted by molar-refractivity contribution is 5.85. The van der Waals surface area contributed by atoms with Gasteiger partial charge in [0.2, 0.25) is 6.43 Å². The largest absolute Gasteiger partial charge is 0.328 e. The normalized spacial score (nSPS) is 33.3. The Bertz CT molecular complexity index is 83.0. The van der Waals surface area contributed by atoms with Crippen molar-refractivity contribution >= 4 is 12.4 Å². The quantitative estimate of drug-likeness (QED) is 0.612. The third-order valence-electron chi connectivity index (χ3n) is 1.57. The zero-order valence-corrected chi connectivity index (χ0v) is 5.70. The molecule has 1 nitrogen and oxygen atoms in total. The van der Waals surface area contributed by atoms with Crippen LogP contribution in [-0.4, -0.2) is 12.5 Å². The van der Waals surface area contributed by atoms with E-state index in [4.69, 9.17) is 5.73 Å². The van der Waals surface area contributed by atoms with Gasteiger partial charge in [-0.3, -0.25) is 0 Å². The molecule has 0 saturated heterocycles. The number of rotatable bonds is 1. The number of alkyl halides is 2. The van der Waals surface area contributed by atoms with Crippen molar-refractivity contribution in [3.63, 3.8) is 0 Å². The van der Waals surface area contributed by atoms with E-state index in [-0.39, 0.29) is 18.4 Å². The van der Waals surface area contributed by atoms with E-state index in [2.05, 4.69) is 0 Å². The molecule has 0 unspecified atom stereocenters. The second-order valence-corrected chi connectivity index (χ2v) is 2.33. The zero-order valence-electron chi connectivity index (χ0n) is 4.89. The Kier molecular flexibility index (Phi) is 3.36. The topological polar surface area (TPSA) is 26.0 Å². The van der Waals surface area contributed by atoms with Crippen molar-refractivity contribution in [1.29, 1.82) is 0 Å². The van der Waals surface area contributed by atoms with Crippen molar-refractivity contribution in [1.82, 2.24) is 0 Å². The van der Waals surface area contributed by atoms with Crippen molar-refractivity contribution in [3.05, 3.63) is 0 Å². The number of nitrogens with two attached hydrogens (primary N) is 1. The van der Waals surface area contributed by atoms with E-state index >= 15 is 0 Å². The molecule has 1 rings (SSSR count). The van der Waals surface area contributed by atoms with Crippen molar-refractivity contribution in [2.24, 2.45) is 11.7 Å². The van der Waals surface area contributed by atoms with Crippen LogP contribution in [0.25, 0.3) is 0 Å². The molecule has 56 valence electrons. The zero-order chi connectivity index (χ0) is 6.15. The van der Waals surface area contributed by atoms with Gasteiger partial charge in [-0.25, -0.2) is 8.78 Å². The highest BCUT2D eigenvalue weighted by Crippen LogP contribution is 2.30. The Morgan fingerprint density at radius 2 is 1.78 bits per heavy atom. The lowest BCUT2D eigenvalue weighted by atomic mass is 9.81. The van der Waals surface area contributed by atoms with E-state index in [9.17, 15) is 8.78 Å². The Morgan fingerprint density at radius 1 is 1.33 bits per heavy atom. The molecule has 9 heavy (non-hydrogen) atoms. The highest BCUT2D eigenvalue weighted by atomic mass is 35.5. The second kappa shape index (κ2) is 3.32. The minimum atomic E-state index is -2.14. The van der Waals surface area contributed by atoms with Gasteiger partial charge in [-0.15, -0.1) is 12.4 Å². The Hall–Kier alpha value is 0.110. The third kappa shape index (κ3) is 2.06. The summed E-state index contributed by atoms with van der Waals surface area (Å²) in [7, 11) is 0. The van der Waals surface area contributed by atoms with Crippen LogP contribution in [0, 0.1) is 5.92 Å². The van der Waals surface area contributed by atoms with Gasteiger partial charge in [0.15, 0.2) is 0 Å². The van der Waals surface area contributed by atoms with Crippen LogP contribution in [0.4, 0.5) is 8.78 Å². The fraction of sp³-hybridized carbons (Fsp3) is 1.00. The molecule has 0 amide bonds. The molecule has 1 aliphatic carbocycles. The molecule has 4 heteroatoms. The standard InChI is InChI=1S/C5H9F2N.ClH/c6-5(7)3-1-4(8)2-3;/h3-5H,1-2,8H2;1H/t3-,4-;. The van der Waals surface area contributed by atoms with Crippen LogP contribution in [0.1, 0.15) is 12.8 Å². The number of hydrogen-bond acceptors (Lipinski definition) is 1. The summed E-state index contributed by atoms with van der Waals surface area (Å²) in [6, 6.07) is 0.0500. The van der Waals surface area contributed by atoms with E-state index in [0.717, 1.165) is 0 Å². The van der Waals surface area contributed by atoms with Crippen LogP contribution >= 0.6 is 12.4 Å². The Morgan fingerprint density at radius 3 is 1.89 bits per heavy atom. The van der Waals surface area contributed by atoms with Gasteiger partial charge in [0.05, 0.1) is 0 Å². The fourth-order valence-corrected chi connectivity index (χ4v) is 0.914. The first-order chi connectivity index (χ1) is 3.70. The molecule has 0 radical (unpaired) electrons. The third-order valence-corrected chi connectivity index (χ3v) is 1.57. The van der Waals surface area contributed by atoms with Gasteiger partial charge in [-0.1, -0.05) is 0 Å². The van der Waals surface area contributed by atoms with Crippen LogP contribution in [0.2, 0.25) is 0 Å². The van der Waals surface area contributed by atoms with E-state index in [1.165, 1.54) is 0 Å². The summed E-state index contributed by atoms with van der Waals surface area (Å²) in [6.07, 6.45) is -1.12. The molecule has 0 atom stereocenters. The molecule has 0 bridgehead atoms. The molecule has 0 aromatic heterocycles. The molecule has 1 saturated carbocycles. The summed E-state index contributed by atoms with van der Waals surface area (Å²) in [5, 5.41) is 0. The molecule has 1 aliphatic rings. The van der Waals surface area contributed by atoms with E-state index in [1.54, 1.807) is 0 Å². The maximum Gasteiger partial charge on any atom is 0.241 e. The first-order valence-electron chi connectivity index (χ1n) is 2.74. The van der Waals surface area contributed by atoms with Crippen molar-refractivity contribution in [3.8, 4) is 0 Å². The van der Waals surface area contributed by atoms with Gasteiger partial charge in [0.1, 0.15) is 0 Å². The summed E-state index contributed by atoms with van der Waals surface area (Å²) in [5.41, 5.74) is 5.27. The van der Waals surface area contributed by atoms with Gasteiger partial charge < -0.3 is 5.73 Å². The summed E-state index contributed by atoms with van der Waals surface area (Å²) < 4.78 is 23.2. The Balaban J connectivity index is 0.000000640. The Labute approximate surface area is 59.0 Å². The predicted molar refractivity (Wildman–Crippen MR) is 34.0 cm³/mol. The van der Waals surface area contributed by atoms with Gasteiger partial charge in [-0.05, 0) is 12.8 Å². The molecular weight excluding hydrogens is 148 g/mol. The molecule has 0 aliphatic heterocycles. The predicted octanol–water partition coefficient (Wildman–Crippen LogP) is 1.41. The van der Waals surface area contributed by atoms with Crippen molar-refractivity contribution in [2.45, 2.75) is 25.3 Å². The molecule has 0 aromatic rings. The molecule has 1 fully saturated rings. The van der Waals surface area contributed by atoms with E-state index in [1.807, 2.05) is 0 Å². The highest BCUT2D eigenvalue weighted by Gasteiger charge is 2.32. The smallest absolute Gasteiger partial charge is 0.241 e. The summed E-state index contributed by atoms with van der Waals surface area (Å²) in [4.78, 5) is 0.